The fraction of sp³-hybridized carbons (Fsp3) is 0.0556. The van der Waals surface area contributed by atoms with Crippen molar-refractivity contribution in [1.82, 2.24) is 0 Å². The second kappa shape index (κ2) is 3.94. The summed E-state index contributed by atoms with van der Waals surface area (Å²) in [6.07, 6.45) is 0. The number of ketones is 1. The highest BCUT2D eigenvalue weighted by Crippen LogP contribution is 2.43. The van der Waals surface area contributed by atoms with Gasteiger partial charge in [0.05, 0.1) is 5.92 Å². The lowest BCUT2D eigenvalue weighted by atomic mass is 9.90. The molecule has 0 saturated carbocycles. The summed E-state index contributed by atoms with van der Waals surface area (Å²) in [6, 6.07) is 19.6. The van der Waals surface area contributed by atoms with Crippen molar-refractivity contribution in [1.29, 1.82) is 0 Å². The number of nitrogens with two attached hydrogens (primary N) is 1. The zero-order valence-electron chi connectivity index (χ0n) is 10.8. The van der Waals surface area contributed by atoms with E-state index in [2.05, 4.69) is 0 Å². The molecule has 4 rings (SSSR count). The Morgan fingerprint density at radius 2 is 1.50 bits per heavy atom. The Morgan fingerprint density at radius 1 is 0.800 bits per heavy atom. The zero-order valence-corrected chi connectivity index (χ0v) is 10.8. The summed E-state index contributed by atoms with van der Waals surface area (Å²) in [5.41, 5.74) is 9.54. The number of benzene rings is 3. The molecule has 20 heavy (non-hydrogen) atoms. The summed E-state index contributed by atoms with van der Waals surface area (Å²) in [5.74, 6) is -0.119. The van der Waals surface area contributed by atoms with Crippen LogP contribution in [0.3, 0.4) is 0 Å². The van der Waals surface area contributed by atoms with Gasteiger partial charge in [-0.3, -0.25) is 4.79 Å². The van der Waals surface area contributed by atoms with Crippen molar-refractivity contribution in [2.24, 2.45) is 0 Å². The minimum Gasteiger partial charge on any atom is -0.398 e. The molecule has 1 aliphatic carbocycles. The Kier molecular flexibility index (Phi) is 2.21. The number of hydrogen-bond donors (Lipinski definition) is 1. The van der Waals surface area contributed by atoms with E-state index in [9.17, 15) is 4.79 Å². The highest BCUT2D eigenvalue weighted by Gasteiger charge is 2.34. The fourth-order valence-corrected chi connectivity index (χ4v) is 3.20. The van der Waals surface area contributed by atoms with Crippen molar-refractivity contribution in [3.05, 3.63) is 77.4 Å². The number of nitrogen functional groups attached to an aromatic ring is 1. The molecule has 1 atom stereocenters. The molecule has 0 aliphatic heterocycles. The smallest absolute Gasteiger partial charge is 0.175 e. The normalized spacial score (nSPS) is 16.8. The van der Waals surface area contributed by atoms with Gasteiger partial charge in [0.25, 0.3) is 0 Å². The lowest BCUT2D eigenvalue weighted by Gasteiger charge is -2.13. The van der Waals surface area contributed by atoms with Gasteiger partial charge in [-0.05, 0) is 28.0 Å². The standard InChI is InChI=1S/C18H13NO/c19-15-10-2-1-7-12(15)17-13-8-3-5-11-6-4-9-14(16(11)13)18(17)20/h1-10,17H,19H2. The third-order valence-corrected chi connectivity index (χ3v) is 4.08. The average molecular weight is 259 g/mol. The van der Waals surface area contributed by atoms with E-state index in [4.69, 9.17) is 5.73 Å². The minimum absolute atomic E-state index is 0.148. The van der Waals surface area contributed by atoms with Gasteiger partial charge in [0, 0.05) is 11.3 Å². The van der Waals surface area contributed by atoms with E-state index in [1.807, 2.05) is 60.7 Å². The maximum absolute atomic E-state index is 12.8. The predicted octanol–water partition coefficient (Wildman–Crippen LogP) is 3.75. The van der Waals surface area contributed by atoms with E-state index in [0.29, 0.717) is 5.69 Å². The Hall–Kier alpha value is -2.61. The molecule has 0 amide bonds. The van der Waals surface area contributed by atoms with Gasteiger partial charge in [-0.15, -0.1) is 0 Å². The second-order valence-corrected chi connectivity index (χ2v) is 5.18. The Labute approximate surface area is 116 Å². The molecule has 0 saturated heterocycles. The number of rotatable bonds is 1. The predicted molar refractivity (Wildman–Crippen MR) is 81.0 cm³/mol. The summed E-state index contributed by atoms with van der Waals surface area (Å²) in [4.78, 5) is 12.8. The monoisotopic (exact) mass is 259 g/mol. The van der Waals surface area contributed by atoms with Crippen molar-refractivity contribution in [2.75, 3.05) is 5.73 Å². The number of anilines is 1. The van der Waals surface area contributed by atoms with Gasteiger partial charge >= 0.3 is 0 Å². The molecule has 2 nitrogen and oxygen atoms in total. The first-order valence-corrected chi connectivity index (χ1v) is 6.67. The molecule has 2 N–H and O–H groups in total. The highest BCUT2D eigenvalue weighted by molar-refractivity contribution is 6.19. The zero-order chi connectivity index (χ0) is 13.7. The van der Waals surface area contributed by atoms with Crippen LogP contribution in [0, 0.1) is 0 Å². The maximum atomic E-state index is 12.8. The number of carbonyl (C=O) groups excluding carboxylic acids is 1. The van der Waals surface area contributed by atoms with Crippen LogP contribution in [0.4, 0.5) is 5.69 Å². The Morgan fingerprint density at radius 3 is 2.30 bits per heavy atom. The van der Waals surface area contributed by atoms with Crippen LogP contribution in [0.2, 0.25) is 0 Å². The van der Waals surface area contributed by atoms with Crippen LogP contribution in [-0.4, -0.2) is 5.78 Å². The van der Waals surface area contributed by atoms with E-state index in [0.717, 1.165) is 27.5 Å². The van der Waals surface area contributed by atoms with Crippen molar-refractivity contribution in [2.45, 2.75) is 5.92 Å². The van der Waals surface area contributed by atoms with Crippen LogP contribution in [-0.2, 0) is 0 Å². The number of Topliss-reactive ketones (excluding diaryl/α,β-unsaturated/α-hetero) is 1. The van der Waals surface area contributed by atoms with E-state index >= 15 is 0 Å². The number of hydrogen-bond acceptors (Lipinski definition) is 2. The summed E-state index contributed by atoms with van der Waals surface area (Å²) < 4.78 is 0. The lowest BCUT2D eigenvalue weighted by Crippen LogP contribution is -2.10. The SMILES string of the molecule is Nc1ccccc1C1C(=O)c2cccc3cccc1c23. The fourth-order valence-electron chi connectivity index (χ4n) is 3.20. The number of para-hydroxylation sites is 1. The van der Waals surface area contributed by atoms with E-state index < -0.39 is 0 Å². The maximum Gasteiger partial charge on any atom is 0.175 e. The Balaban J connectivity index is 2.05. The summed E-state index contributed by atoms with van der Waals surface area (Å²) >= 11 is 0. The average Bonchev–Trinajstić information content (AvgIpc) is 2.76. The van der Waals surface area contributed by atoms with Crippen molar-refractivity contribution in [3.8, 4) is 0 Å². The van der Waals surface area contributed by atoms with Crippen LogP contribution in [0.1, 0.15) is 27.4 Å². The van der Waals surface area contributed by atoms with E-state index in [-0.39, 0.29) is 11.7 Å². The Bertz CT molecular complexity index is 846. The van der Waals surface area contributed by atoms with Gasteiger partial charge in [-0.25, -0.2) is 0 Å². The van der Waals surface area contributed by atoms with Crippen LogP contribution in [0.15, 0.2) is 60.7 Å². The van der Waals surface area contributed by atoms with E-state index in [1.54, 1.807) is 0 Å². The third-order valence-electron chi connectivity index (χ3n) is 4.08. The molecule has 96 valence electrons. The van der Waals surface area contributed by atoms with Crippen molar-refractivity contribution < 1.29 is 4.79 Å². The first-order valence-electron chi connectivity index (χ1n) is 6.67. The summed E-state index contributed by atoms with van der Waals surface area (Å²) in [5, 5.41) is 2.19. The molecule has 1 unspecified atom stereocenters. The topological polar surface area (TPSA) is 43.1 Å². The largest absolute Gasteiger partial charge is 0.398 e. The minimum atomic E-state index is -0.266. The molecule has 0 heterocycles. The molecular formula is C18H13NO. The van der Waals surface area contributed by atoms with Gasteiger partial charge in [0.2, 0.25) is 0 Å². The van der Waals surface area contributed by atoms with Gasteiger partial charge < -0.3 is 5.73 Å². The van der Waals surface area contributed by atoms with Gasteiger partial charge in [0.15, 0.2) is 5.78 Å². The molecule has 0 spiro atoms. The molecule has 0 fully saturated rings. The first kappa shape index (κ1) is 11.2. The molecular weight excluding hydrogens is 246 g/mol. The molecule has 0 radical (unpaired) electrons. The molecule has 0 bridgehead atoms. The van der Waals surface area contributed by atoms with Gasteiger partial charge in [-0.2, -0.15) is 0 Å². The van der Waals surface area contributed by atoms with Crippen LogP contribution in [0.5, 0.6) is 0 Å². The van der Waals surface area contributed by atoms with Crippen LogP contribution >= 0.6 is 0 Å². The summed E-state index contributed by atoms with van der Waals surface area (Å²) in [7, 11) is 0. The molecule has 1 aliphatic rings. The quantitative estimate of drug-likeness (QED) is 0.676. The van der Waals surface area contributed by atoms with Crippen LogP contribution in [0.25, 0.3) is 10.8 Å². The second-order valence-electron chi connectivity index (χ2n) is 5.18. The lowest BCUT2D eigenvalue weighted by molar-refractivity contribution is 0.0982. The summed E-state index contributed by atoms with van der Waals surface area (Å²) in [6.45, 7) is 0. The van der Waals surface area contributed by atoms with E-state index in [1.165, 1.54) is 0 Å². The molecule has 2 heteroatoms. The van der Waals surface area contributed by atoms with Crippen molar-refractivity contribution >= 4 is 22.2 Å². The van der Waals surface area contributed by atoms with Crippen molar-refractivity contribution in [3.63, 3.8) is 0 Å². The van der Waals surface area contributed by atoms with Gasteiger partial charge in [0.1, 0.15) is 0 Å². The third kappa shape index (κ3) is 1.36. The molecule has 3 aromatic rings. The first-order chi connectivity index (χ1) is 9.77. The molecule has 3 aromatic carbocycles. The van der Waals surface area contributed by atoms with Crippen LogP contribution < -0.4 is 5.73 Å². The van der Waals surface area contributed by atoms with Gasteiger partial charge in [-0.1, -0.05) is 54.6 Å². The number of carbonyl (C=O) groups is 1. The highest BCUT2D eigenvalue weighted by atomic mass is 16.1. The molecule has 0 aromatic heterocycles.